The minimum Gasteiger partial charge on any atom is -0.497 e. The molecule has 1 aliphatic rings. The Kier molecular flexibility index (Phi) is 11.8. The summed E-state index contributed by atoms with van der Waals surface area (Å²) in [5, 5.41) is 0.0103. The van der Waals surface area contributed by atoms with Gasteiger partial charge >= 0.3 is 5.97 Å². The van der Waals surface area contributed by atoms with E-state index in [0.29, 0.717) is 28.5 Å². The van der Waals surface area contributed by atoms with Crippen LogP contribution in [0.4, 0.5) is 0 Å². The van der Waals surface area contributed by atoms with Crippen molar-refractivity contribution in [1.82, 2.24) is 4.90 Å². The van der Waals surface area contributed by atoms with E-state index in [-0.39, 0.29) is 28.3 Å². The summed E-state index contributed by atoms with van der Waals surface area (Å²) in [5.41, 5.74) is 1.67. The minimum absolute atomic E-state index is 0.0103. The quantitative estimate of drug-likeness (QED) is 0.175. The molecule has 1 saturated heterocycles. The number of carbonyl (C=O) groups excluding carboxylic acids is 3. The van der Waals surface area contributed by atoms with Gasteiger partial charge in [-0.2, -0.15) is 0 Å². The number of benzene rings is 3. The van der Waals surface area contributed by atoms with Crippen molar-refractivity contribution in [3.05, 3.63) is 89.5 Å². The topological polar surface area (TPSA) is 141 Å². The molecule has 1 fully saturated rings. The van der Waals surface area contributed by atoms with E-state index >= 15 is 0 Å². The molecule has 0 aliphatic carbocycles. The fourth-order valence-electron chi connectivity index (χ4n) is 4.40. The molecule has 1 aliphatic heterocycles. The average Bonchev–Trinajstić information content (AvgIpc) is 3.37. The first-order chi connectivity index (χ1) is 20.7. The van der Waals surface area contributed by atoms with E-state index in [1.54, 1.807) is 72.1 Å². The van der Waals surface area contributed by atoms with Gasteiger partial charge in [-0.3, -0.25) is 14.4 Å². The van der Waals surface area contributed by atoms with Gasteiger partial charge in [0.25, 0.3) is 0 Å². The molecule has 13 heteroatoms. The Morgan fingerprint density at radius 3 is 1.84 bits per heavy atom. The van der Waals surface area contributed by atoms with Gasteiger partial charge in [-0.05, 0) is 61.4 Å². The van der Waals surface area contributed by atoms with E-state index in [2.05, 4.69) is 0 Å². The van der Waals surface area contributed by atoms with Crippen molar-refractivity contribution in [2.24, 2.45) is 0 Å². The highest BCUT2D eigenvalue weighted by Gasteiger charge is 2.32. The summed E-state index contributed by atoms with van der Waals surface area (Å²) in [7, 11) is -5.01. The summed E-state index contributed by atoms with van der Waals surface area (Å²) in [5.74, 6) is -1.03. The molecule has 0 radical (unpaired) electrons. The molecule has 1 amide bonds. The SMILES string of the molecule is CCN1C(=O)CSC1c1ccc(S(C)(=O)=O)cc1.CCOC(=O)C(C(=O)c1ccc(S(C)(=O)=O)cc1)c1ccc(OC)cc1. The maximum atomic E-state index is 12.9. The molecule has 0 spiro atoms. The van der Waals surface area contributed by atoms with Gasteiger partial charge in [0.1, 0.15) is 17.0 Å². The fraction of sp³-hybridized carbons (Fsp3) is 0.323. The van der Waals surface area contributed by atoms with E-state index in [4.69, 9.17) is 9.47 Å². The van der Waals surface area contributed by atoms with Crippen LogP contribution in [0.1, 0.15) is 46.6 Å². The van der Waals surface area contributed by atoms with Gasteiger partial charge in [-0.15, -0.1) is 11.8 Å². The number of rotatable bonds is 10. The van der Waals surface area contributed by atoms with E-state index < -0.39 is 37.3 Å². The number of ether oxygens (including phenoxy) is 2. The van der Waals surface area contributed by atoms with Gasteiger partial charge in [0, 0.05) is 24.6 Å². The Hall–Kier alpha value is -3.68. The number of carbonyl (C=O) groups is 3. The second-order valence-corrected chi connectivity index (χ2v) is 14.9. The number of hydrogen-bond acceptors (Lipinski definition) is 10. The zero-order chi connectivity index (χ0) is 32.7. The Balaban J connectivity index is 0.000000257. The number of hydrogen-bond donors (Lipinski definition) is 0. The standard InChI is InChI=1S/C19H20O6S.C12H15NO3S2/c1-4-25-19(21)17(13-5-9-15(24-2)10-6-13)18(20)14-7-11-16(12-8-14)26(3,22)23;1-3-13-11(14)8-17-12(13)9-4-6-10(7-5-9)18(2,15)16/h5-12,17H,4H2,1-3H3;4-7,12H,3,8H2,1-2H3. The highest BCUT2D eigenvalue weighted by atomic mass is 32.2. The molecular formula is C31H35NO9S3. The van der Waals surface area contributed by atoms with Crippen molar-refractivity contribution in [3.8, 4) is 5.75 Å². The molecule has 4 rings (SSSR count). The summed E-state index contributed by atoms with van der Waals surface area (Å²) in [4.78, 5) is 39.1. The summed E-state index contributed by atoms with van der Waals surface area (Å²) >= 11 is 1.58. The predicted octanol–water partition coefficient (Wildman–Crippen LogP) is 4.31. The van der Waals surface area contributed by atoms with Gasteiger partial charge in [-0.1, -0.05) is 36.4 Å². The third-order valence-electron chi connectivity index (χ3n) is 6.70. The van der Waals surface area contributed by atoms with Gasteiger partial charge < -0.3 is 14.4 Å². The van der Waals surface area contributed by atoms with Gasteiger partial charge in [-0.25, -0.2) is 16.8 Å². The Morgan fingerprint density at radius 1 is 0.864 bits per heavy atom. The Labute approximate surface area is 262 Å². The predicted molar refractivity (Wildman–Crippen MR) is 168 cm³/mol. The molecule has 10 nitrogen and oxygen atoms in total. The van der Waals surface area contributed by atoms with Crippen LogP contribution < -0.4 is 4.74 Å². The molecule has 3 aromatic rings. The average molecular weight is 662 g/mol. The lowest BCUT2D eigenvalue weighted by Crippen LogP contribution is -2.27. The highest BCUT2D eigenvalue weighted by molar-refractivity contribution is 8.00. The van der Waals surface area contributed by atoms with Crippen LogP contribution in [0.5, 0.6) is 5.75 Å². The monoisotopic (exact) mass is 661 g/mol. The van der Waals surface area contributed by atoms with E-state index in [9.17, 15) is 31.2 Å². The van der Waals surface area contributed by atoms with Crippen molar-refractivity contribution in [3.63, 3.8) is 0 Å². The molecule has 2 atom stereocenters. The third-order valence-corrected chi connectivity index (χ3v) is 10.2. The third kappa shape index (κ3) is 8.70. The number of methoxy groups -OCH3 is 1. The molecule has 236 valence electrons. The number of amides is 1. The van der Waals surface area contributed by atoms with E-state index in [1.165, 1.54) is 37.6 Å². The molecule has 2 unspecified atom stereocenters. The zero-order valence-electron chi connectivity index (χ0n) is 25.1. The molecule has 0 aromatic heterocycles. The van der Waals surface area contributed by atoms with Crippen LogP contribution in [-0.2, 0) is 34.0 Å². The van der Waals surface area contributed by atoms with Crippen LogP contribution in [0, 0.1) is 0 Å². The Morgan fingerprint density at radius 2 is 1.39 bits per heavy atom. The largest absolute Gasteiger partial charge is 0.497 e. The molecule has 44 heavy (non-hydrogen) atoms. The van der Waals surface area contributed by atoms with Crippen LogP contribution in [0.25, 0.3) is 0 Å². The Bertz CT molecular complexity index is 1690. The first-order valence-corrected chi connectivity index (χ1v) is 18.4. The van der Waals surface area contributed by atoms with Crippen LogP contribution in [0.15, 0.2) is 82.6 Å². The number of thioether (sulfide) groups is 1. The van der Waals surface area contributed by atoms with Gasteiger partial charge in [0.05, 0.1) is 29.3 Å². The number of nitrogens with zero attached hydrogens (tertiary/aromatic N) is 1. The second kappa shape index (κ2) is 14.9. The first kappa shape index (κ1) is 34.8. The molecule has 0 saturated carbocycles. The van der Waals surface area contributed by atoms with Crippen LogP contribution in [0.3, 0.4) is 0 Å². The molecule has 3 aromatic carbocycles. The van der Waals surface area contributed by atoms with Crippen LogP contribution in [0.2, 0.25) is 0 Å². The van der Waals surface area contributed by atoms with Crippen molar-refractivity contribution in [2.75, 3.05) is 38.5 Å². The van der Waals surface area contributed by atoms with Gasteiger partial charge in [0.2, 0.25) is 5.91 Å². The lowest BCUT2D eigenvalue weighted by molar-refractivity contribution is -0.143. The molecule has 0 N–H and O–H groups in total. The van der Waals surface area contributed by atoms with Crippen molar-refractivity contribution in [2.45, 2.75) is 34.9 Å². The highest BCUT2D eigenvalue weighted by Crippen LogP contribution is 2.38. The van der Waals surface area contributed by atoms with Gasteiger partial charge in [0.15, 0.2) is 25.5 Å². The fourth-order valence-corrected chi connectivity index (χ4v) is 6.92. The zero-order valence-corrected chi connectivity index (χ0v) is 27.5. The smallest absolute Gasteiger partial charge is 0.321 e. The molecule has 1 heterocycles. The molecular weight excluding hydrogens is 627 g/mol. The van der Waals surface area contributed by atoms with E-state index in [1.807, 2.05) is 6.92 Å². The van der Waals surface area contributed by atoms with Crippen molar-refractivity contribution in [1.29, 1.82) is 0 Å². The van der Waals surface area contributed by atoms with Crippen LogP contribution >= 0.6 is 11.8 Å². The maximum absolute atomic E-state index is 12.9. The number of Topliss-reactive ketones (excluding diaryl/α,β-unsaturated/α-hetero) is 1. The van der Waals surface area contributed by atoms with E-state index in [0.717, 1.165) is 11.8 Å². The minimum atomic E-state index is -3.37. The van der Waals surface area contributed by atoms with Crippen molar-refractivity contribution < 1.29 is 40.7 Å². The summed E-state index contributed by atoms with van der Waals surface area (Å²) in [6, 6.07) is 18.8. The molecule has 0 bridgehead atoms. The normalized spacial score (nSPS) is 15.6. The number of esters is 1. The van der Waals surface area contributed by atoms with Crippen LogP contribution in [-0.4, -0.2) is 77.9 Å². The lowest BCUT2D eigenvalue weighted by Gasteiger charge is -2.22. The first-order valence-electron chi connectivity index (χ1n) is 13.6. The van der Waals surface area contributed by atoms with Crippen molar-refractivity contribution >= 4 is 49.1 Å². The number of sulfone groups is 2. The maximum Gasteiger partial charge on any atom is 0.321 e. The summed E-state index contributed by atoms with van der Waals surface area (Å²) in [6.07, 6.45) is 2.27. The second-order valence-electron chi connectivity index (χ2n) is 9.80. The summed E-state index contributed by atoms with van der Waals surface area (Å²) < 4.78 is 56.0. The number of ketones is 1. The summed E-state index contributed by atoms with van der Waals surface area (Å²) in [6.45, 7) is 4.42. The lowest BCUT2D eigenvalue weighted by atomic mass is 9.90.